The zero-order valence-corrected chi connectivity index (χ0v) is 17.8. The molecule has 1 saturated heterocycles. The van der Waals surface area contributed by atoms with Gasteiger partial charge in [0.2, 0.25) is 0 Å². The van der Waals surface area contributed by atoms with E-state index in [1.165, 1.54) is 5.56 Å². The Balaban J connectivity index is 1.33. The Labute approximate surface area is 181 Å². The van der Waals surface area contributed by atoms with E-state index >= 15 is 0 Å². The van der Waals surface area contributed by atoms with E-state index in [0.29, 0.717) is 6.54 Å². The lowest BCUT2D eigenvalue weighted by Crippen LogP contribution is -2.47. The van der Waals surface area contributed by atoms with Gasteiger partial charge >= 0.3 is 0 Å². The van der Waals surface area contributed by atoms with Crippen molar-refractivity contribution in [1.82, 2.24) is 19.9 Å². The van der Waals surface area contributed by atoms with Crippen molar-refractivity contribution in [2.24, 2.45) is 4.99 Å². The second-order valence-corrected chi connectivity index (χ2v) is 7.95. The third-order valence-electron chi connectivity index (χ3n) is 5.51. The summed E-state index contributed by atoms with van der Waals surface area (Å²) in [6, 6.07) is 10.2. The second kappa shape index (κ2) is 8.29. The van der Waals surface area contributed by atoms with Gasteiger partial charge in [0.05, 0.1) is 24.1 Å². The molecule has 0 spiro atoms. The summed E-state index contributed by atoms with van der Waals surface area (Å²) >= 11 is 0. The van der Waals surface area contributed by atoms with Crippen molar-refractivity contribution < 1.29 is 4.74 Å². The van der Waals surface area contributed by atoms with E-state index in [2.05, 4.69) is 41.9 Å². The fraction of sp³-hybridized carbons (Fsp3) is 0.348. The number of nitrogens with zero attached hydrogens (tertiary/aromatic N) is 7. The summed E-state index contributed by atoms with van der Waals surface area (Å²) < 4.78 is 5.88. The Kier molecular flexibility index (Phi) is 5.19. The van der Waals surface area contributed by atoms with Crippen molar-refractivity contribution in [3.63, 3.8) is 0 Å². The first kappa shape index (κ1) is 19.4. The largest absolute Gasteiger partial charge is 0.491 e. The van der Waals surface area contributed by atoms with Crippen LogP contribution in [0.1, 0.15) is 30.7 Å². The van der Waals surface area contributed by atoms with Crippen LogP contribution in [0.15, 0.2) is 54.2 Å². The van der Waals surface area contributed by atoms with Crippen LogP contribution in [0.4, 0.5) is 11.6 Å². The number of anilines is 2. The van der Waals surface area contributed by atoms with Crippen LogP contribution in [0.3, 0.4) is 0 Å². The van der Waals surface area contributed by atoms with E-state index in [4.69, 9.17) is 9.73 Å². The zero-order chi connectivity index (χ0) is 21.2. The molecule has 3 aromatic rings. The molecule has 5 rings (SSSR count). The Morgan fingerprint density at radius 2 is 1.65 bits per heavy atom. The number of benzene rings is 1. The number of aliphatic imine (C=N–C) groups is 1. The normalized spacial score (nSPS) is 15.8. The predicted octanol–water partition coefficient (Wildman–Crippen LogP) is 2.73. The molecule has 158 valence electrons. The van der Waals surface area contributed by atoms with Gasteiger partial charge in [0, 0.05) is 44.0 Å². The SMILES string of the molecule is CC(C)Oc1ccc2c(c1)C(c1cc(N3CCN(c4ccncn4)CC3)ncn1)=NC2. The fourth-order valence-corrected chi connectivity index (χ4v) is 4.01. The van der Waals surface area contributed by atoms with Gasteiger partial charge in [-0.15, -0.1) is 0 Å². The zero-order valence-electron chi connectivity index (χ0n) is 17.8. The van der Waals surface area contributed by atoms with Gasteiger partial charge < -0.3 is 14.5 Å². The molecule has 0 saturated carbocycles. The summed E-state index contributed by atoms with van der Waals surface area (Å²) in [5.41, 5.74) is 4.05. The van der Waals surface area contributed by atoms with Crippen LogP contribution in [0, 0.1) is 0 Å². The van der Waals surface area contributed by atoms with Gasteiger partial charge in [-0.3, -0.25) is 4.99 Å². The lowest BCUT2D eigenvalue weighted by Gasteiger charge is -2.36. The molecule has 0 N–H and O–H groups in total. The van der Waals surface area contributed by atoms with Gasteiger partial charge in [-0.1, -0.05) is 6.07 Å². The highest BCUT2D eigenvalue weighted by Gasteiger charge is 2.23. The van der Waals surface area contributed by atoms with Crippen LogP contribution in [-0.2, 0) is 6.54 Å². The molecule has 8 nitrogen and oxygen atoms in total. The van der Waals surface area contributed by atoms with Crippen LogP contribution in [0.25, 0.3) is 0 Å². The number of piperazine rings is 1. The van der Waals surface area contributed by atoms with E-state index in [1.54, 1.807) is 18.9 Å². The monoisotopic (exact) mass is 415 g/mol. The van der Waals surface area contributed by atoms with Gasteiger partial charge in [-0.25, -0.2) is 19.9 Å². The second-order valence-electron chi connectivity index (χ2n) is 7.95. The average Bonchev–Trinajstić information content (AvgIpc) is 3.23. The maximum atomic E-state index is 5.88. The molecule has 2 aliphatic heterocycles. The Morgan fingerprint density at radius 1 is 0.871 bits per heavy atom. The first-order chi connectivity index (χ1) is 15.2. The Hall–Kier alpha value is -3.55. The van der Waals surface area contributed by atoms with Gasteiger partial charge in [-0.2, -0.15) is 0 Å². The van der Waals surface area contributed by atoms with Gasteiger partial charge in [0.1, 0.15) is 30.0 Å². The minimum Gasteiger partial charge on any atom is -0.491 e. The van der Waals surface area contributed by atoms with Gasteiger partial charge in [-0.05, 0) is 37.6 Å². The van der Waals surface area contributed by atoms with E-state index in [9.17, 15) is 0 Å². The summed E-state index contributed by atoms with van der Waals surface area (Å²) in [6.07, 6.45) is 5.14. The molecule has 1 aromatic carbocycles. The molecule has 0 bridgehead atoms. The molecule has 2 aliphatic rings. The van der Waals surface area contributed by atoms with E-state index in [1.807, 2.05) is 32.0 Å². The Bertz CT molecular complexity index is 1090. The molecule has 0 radical (unpaired) electrons. The first-order valence-corrected chi connectivity index (χ1v) is 10.6. The van der Waals surface area contributed by atoms with Crippen molar-refractivity contribution in [2.45, 2.75) is 26.5 Å². The number of hydrogen-bond donors (Lipinski definition) is 0. The predicted molar refractivity (Wildman–Crippen MR) is 120 cm³/mol. The molecular formula is C23H25N7O. The van der Waals surface area contributed by atoms with E-state index in [0.717, 1.165) is 60.5 Å². The van der Waals surface area contributed by atoms with E-state index in [-0.39, 0.29) is 6.10 Å². The summed E-state index contributed by atoms with van der Waals surface area (Å²) in [4.78, 5) is 26.7. The Morgan fingerprint density at radius 3 is 2.39 bits per heavy atom. The summed E-state index contributed by atoms with van der Waals surface area (Å²) in [5.74, 6) is 2.76. The van der Waals surface area contributed by atoms with Gasteiger partial charge in [0.15, 0.2) is 0 Å². The molecule has 0 amide bonds. The highest BCUT2D eigenvalue weighted by molar-refractivity contribution is 6.14. The average molecular weight is 416 g/mol. The summed E-state index contributed by atoms with van der Waals surface area (Å²) in [7, 11) is 0. The number of hydrogen-bond acceptors (Lipinski definition) is 8. The lowest BCUT2D eigenvalue weighted by atomic mass is 10.0. The number of fused-ring (bicyclic) bond motifs is 1. The molecule has 0 unspecified atom stereocenters. The first-order valence-electron chi connectivity index (χ1n) is 10.6. The van der Waals surface area contributed by atoms with Crippen molar-refractivity contribution in [2.75, 3.05) is 36.0 Å². The maximum absolute atomic E-state index is 5.88. The molecular weight excluding hydrogens is 390 g/mol. The van der Waals surface area contributed by atoms with Crippen molar-refractivity contribution in [3.8, 4) is 5.75 Å². The molecule has 2 aromatic heterocycles. The minimum absolute atomic E-state index is 0.131. The number of rotatable bonds is 5. The lowest BCUT2D eigenvalue weighted by molar-refractivity contribution is 0.242. The molecule has 4 heterocycles. The van der Waals surface area contributed by atoms with Crippen LogP contribution in [0.2, 0.25) is 0 Å². The number of aromatic nitrogens is 4. The third-order valence-corrected chi connectivity index (χ3v) is 5.51. The van der Waals surface area contributed by atoms with Crippen LogP contribution < -0.4 is 14.5 Å². The molecule has 0 aliphatic carbocycles. The standard InChI is InChI=1S/C23H25N7O/c1-16(2)31-18-4-3-17-13-25-23(19(17)11-18)20-12-22(28-15-26-20)30-9-7-29(8-10-30)21-5-6-24-14-27-21/h3-6,11-12,14-16H,7-10,13H2,1-2H3. The van der Waals surface area contributed by atoms with Crippen molar-refractivity contribution >= 4 is 17.3 Å². The highest BCUT2D eigenvalue weighted by Crippen LogP contribution is 2.28. The smallest absolute Gasteiger partial charge is 0.132 e. The molecule has 0 atom stereocenters. The van der Waals surface area contributed by atoms with Crippen LogP contribution in [0.5, 0.6) is 5.75 Å². The molecule has 31 heavy (non-hydrogen) atoms. The van der Waals surface area contributed by atoms with Gasteiger partial charge in [0.25, 0.3) is 0 Å². The molecule has 1 fully saturated rings. The summed E-state index contributed by atoms with van der Waals surface area (Å²) in [6.45, 7) is 8.24. The van der Waals surface area contributed by atoms with Crippen LogP contribution >= 0.6 is 0 Å². The summed E-state index contributed by atoms with van der Waals surface area (Å²) in [5, 5.41) is 0. The fourth-order valence-electron chi connectivity index (χ4n) is 4.01. The minimum atomic E-state index is 0.131. The van der Waals surface area contributed by atoms with Crippen molar-refractivity contribution in [3.05, 3.63) is 66.0 Å². The van der Waals surface area contributed by atoms with Crippen molar-refractivity contribution in [1.29, 1.82) is 0 Å². The highest BCUT2D eigenvalue weighted by atomic mass is 16.5. The molecule has 8 heteroatoms. The van der Waals surface area contributed by atoms with Crippen LogP contribution in [-0.4, -0.2) is 57.9 Å². The topological polar surface area (TPSA) is 79.6 Å². The van der Waals surface area contributed by atoms with E-state index < -0.39 is 0 Å². The maximum Gasteiger partial charge on any atom is 0.132 e. The third kappa shape index (κ3) is 4.05. The number of ether oxygens (including phenoxy) is 1. The quantitative estimate of drug-likeness (QED) is 0.634.